The maximum absolute atomic E-state index is 12.6. The van der Waals surface area contributed by atoms with Crippen molar-refractivity contribution in [1.82, 2.24) is 20.2 Å². The first kappa shape index (κ1) is 28.9. The second kappa shape index (κ2) is 12.0. The highest BCUT2D eigenvalue weighted by Gasteiger charge is 2.19. The Balaban J connectivity index is 1.37. The van der Waals surface area contributed by atoms with Gasteiger partial charge in [0.25, 0.3) is 0 Å². The summed E-state index contributed by atoms with van der Waals surface area (Å²) in [6.45, 7) is 6.29. The standard InChI is InChI=1S/C26H26Cl2N6O3S2/c1-26(2,3)18-9-12-23(21(28)13-18)34-25(30-32-33-34)38-15-24(35)29-22-11-10-19(14-20(22)27)31-39(36,37)16-17-7-5-4-6-8-17/h4-14,31H,15-16H2,1-3H3,(H,29,35). The van der Waals surface area contributed by atoms with E-state index in [1.54, 1.807) is 24.3 Å². The lowest BCUT2D eigenvalue weighted by Gasteiger charge is -2.20. The summed E-state index contributed by atoms with van der Waals surface area (Å²) in [6, 6.07) is 19.0. The van der Waals surface area contributed by atoms with Crippen LogP contribution in [0.4, 0.5) is 11.4 Å². The van der Waals surface area contributed by atoms with E-state index in [1.807, 2.05) is 24.3 Å². The minimum Gasteiger partial charge on any atom is -0.324 e. The van der Waals surface area contributed by atoms with Gasteiger partial charge in [0.15, 0.2) is 0 Å². The fourth-order valence-corrected chi connectivity index (χ4v) is 5.93. The number of rotatable bonds is 9. The Morgan fingerprint density at radius 3 is 2.41 bits per heavy atom. The van der Waals surface area contributed by atoms with Crippen LogP contribution in [0.3, 0.4) is 0 Å². The van der Waals surface area contributed by atoms with E-state index in [2.05, 4.69) is 46.3 Å². The van der Waals surface area contributed by atoms with Gasteiger partial charge in [0, 0.05) is 0 Å². The molecule has 1 heterocycles. The molecule has 4 rings (SSSR count). The Hall–Kier alpha value is -3.12. The van der Waals surface area contributed by atoms with E-state index >= 15 is 0 Å². The van der Waals surface area contributed by atoms with Crippen LogP contribution in [-0.2, 0) is 26.0 Å². The third kappa shape index (κ3) is 7.72. The summed E-state index contributed by atoms with van der Waals surface area (Å²) in [4.78, 5) is 12.6. The largest absolute Gasteiger partial charge is 0.324 e. The number of sulfonamides is 1. The topological polar surface area (TPSA) is 119 Å². The summed E-state index contributed by atoms with van der Waals surface area (Å²) < 4.78 is 29.0. The lowest BCUT2D eigenvalue weighted by molar-refractivity contribution is -0.113. The molecule has 0 radical (unpaired) electrons. The quantitative estimate of drug-likeness (QED) is 0.227. The van der Waals surface area contributed by atoms with Crippen molar-refractivity contribution in [3.63, 3.8) is 0 Å². The van der Waals surface area contributed by atoms with Crippen LogP contribution in [0.25, 0.3) is 5.69 Å². The van der Waals surface area contributed by atoms with Crippen LogP contribution in [0.5, 0.6) is 0 Å². The molecule has 1 aromatic heterocycles. The number of nitrogens with one attached hydrogen (secondary N) is 2. The highest BCUT2D eigenvalue weighted by molar-refractivity contribution is 7.99. The van der Waals surface area contributed by atoms with Gasteiger partial charge in [-0.2, -0.15) is 4.68 Å². The Morgan fingerprint density at radius 1 is 1.00 bits per heavy atom. The number of aromatic nitrogens is 4. The summed E-state index contributed by atoms with van der Waals surface area (Å²) in [5.41, 5.74) is 2.90. The van der Waals surface area contributed by atoms with Crippen molar-refractivity contribution in [2.24, 2.45) is 0 Å². The predicted octanol–water partition coefficient (Wildman–Crippen LogP) is 5.94. The molecule has 0 aliphatic carbocycles. The average Bonchev–Trinajstić information content (AvgIpc) is 3.32. The number of carbonyl (C=O) groups is 1. The predicted molar refractivity (Wildman–Crippen MR) is 156 cm³/mol. The maximum Gasteiger partial charge on any atom is 0.236 e. The fourth-order valence-electron chi connectivity index (χ4n) is 3.57. The maximum atomic E-state index is 12.6. The number of benzene rings is 3. The van der Waals surface area contributed by atoms with E-state index in [9.17, 15) is 13.2 Å². The normalized spacial score (nSPS) is 11.8. The second-order valence-electron chi connectivity index (χ2n) is 9.67. The van der Waals surface area contributed by atoms with Gasteiger partial charge in [-0.1, -0.05) is 92.1 Å². The highest BCUT2D eigenvalue weighted by atomic mass is 35.5. The molecular formula is C26H26Cl2N6O3S2. The molecule has 0 aliphatic heterocycles. The minimum atomic E-state index is -3.64. The van der Waals surface area contributed by atoms with Crippen molar-refractivity contribution in [2.45, 2.75) is 37.1 Å². The van der Waals surface area contributed by atoms with E-state index in [-0.39, 0.29) is 33.5 Å². The monoisotopic (exact) mass is 604 g/mol. The number of thioether (sulfide) groups is 1. The van der Waals surface area contributed by atoms with Crippen LogP contribution in [0.15, 0.2) is 71.9 Å². The van der Waals surface area contributed by atoms with Crippen molar-refractivity contribution < 1.29 is 13.2 Å². The number of hydrogen-bond donors (Lipinski definition) is 2. The van der Waals surface area contributed by atoms with Gasteiger partial charge in [-0.3, -0.25) is 9.52 Å². The van der Waals surface area contributed by atoms with Crippen LogP contribution >= 0.6 is 35.0 Å². The molecule has 2 N–H and O–H groups in total. The van der Waals surface area contributed by atoms with Crippen LogP contribution < -0.4 is 10.0 Å². The molecule has 1 amide bonds. The average molecular weight is 606 g/mol. The first-order valence-corrected chi connectivity index (χ1v) is 15.2. The molecule has 0 unspecified atom stereocenters. The van der Waals surface area contributed by atoms with Crippen molar-refractivity contribution in [3.05, 3.63) is 87.9 Å². The molecule has 0 spiro atoms. The third-order valence-corrected chi connectivity index (χ3v) is 8.33. The van der Waals surface area contributed by atoms with Crippen molar-refractivity contribution >= 4 is 62.3 Å². The molecule has 0 bridgehead atoms. The molecule has 0 saturated heterocycles. The molecule has 13 heteroatoms. The number of nitrogens with zero attached hydrogens (tertiary/aromatic N) is 4. The molecule has 9 nitrogen and oxygen atoms in total. The summed E-state index contributed by atoms with van der Waals surface area (Å²) in [6.07, 6.45) is 0. The smallest absolute Gasteiger partial charge is 0.236 e. The molecule has 39 heavy (non-hydrogen) atoms. The minimum absolute atomic E-state index is 0.000147. The lowest BCUT2D eigenvalue weighted by Crippen LogP contribution is -2.16. The van der Waals surface area contributed by atoms with Crippen LogP contribution in [-0.4, -0.2) is 40.3 Å². The summed E-state index contributed by atoms with van der Waals surface area (Å²) in [7, 11) is -3.64. The molecule has 0 aliphatic rings. The lowest BCUT2D eigenvalue weighted by atomic mass is 9.87. The first-order valence-electron chi connectivity index (χ1n) is 11.8. The van der Waals surface area contributed by atoms with Gasteiger partial charge in [0.05, 0.1) is 38.6 Å². The van der Waals surface area contributed by atoms with E-state index in [0.29, 0.717) is 27.1 Å². The van der Waals surface area contributed by atoms with Crippen LogP contribution in [0.1, 0.15) is 31.9 Å². The van der Waals surface area contributed by atoms with Gasteiger partial charge in [-0.05, 0) is 57.3 Å². The van der Waals surface area contributed by atoms with Crippen molar-refractivity contribution in [1.29, 1.82) is 0 Å². The zero-order valence-electron chi connectivity index (χ0n) is 21.4. The van der Waals surface area contributed by atoms with E-state index in [0.717, 1.165) is 17.3 Å². The molecule has 0 saturated carbocycles. The second-order valence-corrected chi connectivity index (χ2v) is 13.1. The number of hydrogen-bond acceptors (Lipinski definition) is 7. The van der Waals surface area contributed by atoms with Gasteiger partial charge >= 0.3 is 0 Å². The number of carbonyl (C=O) groups excluding carboxylic acids is 1. The molecule has 3 aromatic carbocycles. The molecule has 0 fully saturated rings. The molecule has 0 atom stereocenters. The molecular weight excluding hydrogens is 579 g/mol. The first-order chi connectivity index (χ1) is 18.4. The number of tetrazole rings is 1. The van der Waals surface area contributed by atoms with Crippen LogP contribution in [0.2, 0.25) is 10.0 Å². The van der Waals surface area contributed by atoms with Gasteiger partial charge in [0.1, 0.15) is 0 Å². The molecule has 4 aromatic rings. The van der Waals surface area contributed by atoms with Gasteiger partial charge in [-0.25, -0.2) is 8.42 Å². The van der Waals surface area contributed by atoms with Crippen LogP contribution in [0, 0.1) is 0 Å². The summed E-state index contributed by atoms with van der Waals surface area (Å²) >= 11 is 14.0. The van der Waals surface area contributed by atoms with E-state index in [4.69, 9.17) is 23.2 Å². The van der Waals surface area contributed by atoms with Gasteiger partial charge < -0.3 is 5.32 Å². The van der Waals surface area contributed by atoms with Crippen molar-refractivity contribution in [2.75, 3.05) is 15.8 Å². The Kier molecular flexibility index (Phi) is 8.85. The summed E-state index contributed by atoms with van der Waals surface area (Å²) in [5.74, 6) is -0.519. The highest BCUT2D eigenvalue weighted by Crippen LogP contribution is 2.31. The zero-order valence-corrected chi connectivity index (χ0v) is 24.5. The summed E-state index contributed by atoms with van der Waals surface area (Å²) in [5, 5.41) is 15.6. The van der Waals surface area contributed by atoms with Gasteiger partial charge in [-0.15, -0.1) is 5.10 Å². The van der Waals surface area contributed by atoms with Crippen molar-refractivity contribution in [3.8, 4) is 5.69 Å². The third-order valence-electron chi connectivity index (χ3n) is 5.53. The van der Waals surface area contributed by atoms with E-state index < -0.39 is 10.0 Å². The number of anilines is 2. The number of amides is 1. The zero-order chi connectivity index (χ0) is 28.2. The van der Waals surface area contributed by atoms with E-state index in [1.165, 1.54) is 22.9 Å². The molecule has 204 valence electrons. The number of halogens is 2. The Morgan fingerprint density at radius 2 is 1.74 bits per heavy atom. The Labute approximate surface area is 241 Å². The Bertz CT molecular complexity index is 1590. The van der Waals surface area contributed by atoms with Gasteiger partial charge in [0.2, 0.25) is 21.1 Å². The fraction of sp³-hybridized carbons (Fsp3) is 0.231. The SMILES string of the molecule is CC(C)(C)c1ccc(-n2nnnc2SCC(=O)Nc2ccc(NS(=O)(=O)Cc3ccccc3)cc2Cl)c(Cl)c1.